The van der Waals surface area contributed by atoms with Crippen LogP contribution in [0.1, 0.15) is 24.1 Å². The molecular weight excluding hydrogens is 230 g/mol. The molecule has 0 radical (unpaired) electrons. The third kappa shape index (κ3) is 3.03. The molecule has 18 heavy (non-hydrogen) atoms. The maximum atomic E-state index is 9.06. The first-order valence-electron chi connectivity index (χ1n) is 6.69. The zero-order chi connectivity index (χ0) is 13.0. The van der Waals surface area contributed by atoms with Crippen LogP contribution in [0.3, 0.4) is 0 Å². The van der Waals surface area contributed by atoms with Crippen LogP contribution >= 0.6 is 0 Å². The molecule has 1 saturated heterocycles. The molecule has 0 amide bonds. The van der Waals surface area contributed by atoms with Crippen molar-refractivity contribution in [2.24, 2.45) is 5.92 Å². The van der Waals surface area contributed by atoms with E-state index in [2.05, 4.69) is 17.3 Å². The number of hydrogen-bond acceptors (Lipinski definition) is 4. The fraction of sp³-hybridized carbons (Fsp3) is 0.769. The Hall–Kier alpha value is -1.07. The molecule has 1 aliphatic rings. The van der Waals surface area contributed by atoms with E-state index in [1.807, 2.05) is 11.6 Å². The van der Waals surface area contributed by atoms with Gasteiger partial charge in [-0.3, -0.25) is 0 Å². The molecule has 0 bridgehead atoms. The van der Waals surface area contributed by atoms with Crippen molar-refractivity contribution in [2.45, 2.75) is 33.2 Å². The maximum Gasteiger partial charge on any atom is 0.127 e. The zero-order valence-corrected chi connectivity index (χ0v) is 11.3. The standard InChI is InChI=1S/C13H23N3O2/c1-10-11(2)15-16(5-6-17)13(10)14-9-12-3-7-18-8-4-12/h12,14,17H,3-9H2,1-2H3. The van der Waals surface area contributed by atoms with Crippen LogP contribution in [-0.2, 0) is 11.3 Å². The van der Waals surface area contributed by atoms with E-state index in [1.54, 1.807) is 0 Å². The Labute approximate surface area is 108 Å². The van der Waals surface area contributed by atoms with Crippen molar-refractivity contribution in [3.63, 3.8) is 0 Å². The van der Waals surface area contributed by atoms with Gasteiger partial charge in [-0.25, -0.2) is 4.68 Å². The van der Waals surface area contributed by atoms with Crippen molar-refractivity contribution >= 4 is 5.82 Å². The average Bonchev–Trinajstić information content (AvgIpc) is 2.65. The fourth-order valence-electron chi connectivity index (χ4n) is 2.34. The monoisotopic (exact) mass is 253 g/mol. The number of ether oxygens (including phenoxy) is 1. The van der Waals surface area contributed by atoms with E-state index in [0.717, 1.165) is 44.1 Å². The Morgan fingerprint density at radius 1 is 1.39 bits per heavy atom. The lowest BCUT2D eigenvalue weighted by atomic mass is 10.0. The highest BCUT2D eigenvalue weighted by Gasteiger charge is 2.16. The molecule has 0 aliphatic carbocycles. The third-order valence-corrected chi connectivity index (χ3v) is 3.64. The van der Waals surface area contributed by atoms with Gasteiger partial charge < -0.3 is 15.2 Å². The van der Waals surface area contributed by atoms with E-state index in [4.69, 9.17) is 9.84 Å². The Morgan fingerprint density at radius 2 is 2.11 bits per heavy atom. The van der Waals surface area contributed by atoms with Gasteiger partial charge in [0.2, 0.25) is 0 Å². The van der Waals surface area contributed by atoms with Gasteiger partial charge >= 0.3 is 0 Å². The second-order valence-electron chi connectivity index (χ2n) is 4.94. The van der Waals surface area contributed by atoms with E-state index in [-0.39, 0.29) is 6.61 Å². The van der Waals surface area contributed by atoms with Crippen molar-refractivity contribution in [3.8, 4) is 0 Å². The molecule has 0 atom stereocenters. The van der Waals surface area contributed by atoms with Gasteiger partial charge in [0.05, 0.1) is 18.8 Å². The summed E-state index contributed by atoms with van der Waals surface area (Å²) in [6.07, 6.45) is 2.25. The van der Waals surface area contributed by atoms with Crippen molar-refractivity contribution in [1.29, 1.82) is 0 Å². The summed E-state index contributed by atoms with van der Waals surface area (Å²) in [5, 5.41) is 17.0. The molecule has 1 aromatic rings. The van der Waals surface area contributed by atoms with Gasteiger partial charge in [-0.2, -0.15) is 5.10 Å². The molecule has 2 N–H and O–H groups in total. The lowest BCUT2D eigenvalue weighted by Crippen LogP contribution is -2.24. The van der Waals surface area contributed by atoms with Gasteiger partial charge in [-0.15, -0.1) is 0 Å². The number of nitrogens with one attached hydrogen (secondary N) is 1. The number of aromatic nitrogens is 2. The molecule has 2 heterocycles. The van der Waals surface area contributed by atoms with E-state index in [9.17, 15) is 0 Å². The fourth-order valence-corrected chi connectivity index (χ4v) is 2.34. The average molecular weight is 253 g/mol. The van der Waals surface area contributed by atoms with Crippen LogP contribution in [-0.4, -0.2) is 41.3 Å². The Balaban J connectivity index is 1.98. The Morgan fingerprint density at radius 3 is 2.78 bits per heavy atom. The minimum absolute atomic E-state index is 0.118. The first kappa shape index (κ1) is 13.4. The van der Waals surface area contributed by atoms with Crippen LogP contribution < -0.4 is 5.32 Å². The number of aliphatic hydroxyl groups is 1. The van der Waals surface area contributed by atoms with E-state index in [1.165, 1.54) is 5.56 Å². The smallest absolute Gasteiger partial charge is 0.127 e. The summed E-state index contributed by atoms with van der Waals surface area (Å²) in [7, 11) is 0. The van der Waals surface area contributed by atoms with E-state index in [0.29, 0.717) is 12.5 Å². The number of anilines is 1. The molecule has 5 nitrogen and oxygen atoms in total. The van der Waals surface area contributed by atoms with Crippen LogP contribution in [0.25, 0.3) is 0 Å². The van der Waals surface area contributed by atoms with Crippen LogP contribution in [0.2, 0.25) is 0 Å². The Kier molecular flexibility index (Phi) is 4.60. The summed E-state index contributed by atoms with van der Waals surface area (Å²) >= 11 is 0. The summed E-state index contributed by atoms with van der Waals surface area (Å²) in [5.41, 5.74) is 2.20. The van der Waals surface area contributed by atoms with Crippen molar-refractivity contribution in [2.75, 3.05) is 31.7 Å². The topological polar surface area (TPSA) is 59.3 Å². The highest BCUT2D eigenvalue weighted by atomic mass is 16.5. The molecule has 0 unspecified atom stereocenters. The first-order chi connectivity index (χ1) is 8.72. The quantitative estimate of drug-likeness (QED) is 0.831. The highest BCUT2D eigenvalue weighted by Crippen LogP contribution is 2.21. The van der Waals surface area contributed by atoms with Crippen LogP contribution in [0.5, 0.6) is 0 Å². The molecule has 0 saturated carbocycles. The van der Waals surface area contributed by atoms with E-state index >= 15 is 0 Å². The van der Waals surface area contributed by atoms with Crippen LogP contribution in [0, 0.1) is 19.8 Å². The summed E-state index contributed by atoms with van der Waals surface area (Å²) in [6.45, 7) is 7.45. The highest BCUT2D eigenvalue weighted by molar-refractivity contribution is 5.46. The molecule has 0 spiro atoms. The molecule has 102 valence electrons. The van der Waals surface area contributed by atoms with Gasteiger partial charge in [0.25, 0.3) is 0 Å². The minimum atomic E-state index is 0.118. The number of hydrogen-bond donors (Lipinski definition) is 2. The molecular formula is C13H23N3O2. The van der Waals surface area contributed by atoms with Crippen molar-refractivity contribution < 1.29 is 9.84 Å². The van der Waals surface area contributed by atoms with Gasteiger partial charge in [0.15, 0.2) is 0 Å². The number of nitrogens with zero attached hydrogens (tertiary/aromatic N) is 2. The lowest BCUT2D eigenvalue weighted by molar-refractivity contribution is 0.0699. The minimum Gasteiger partial charge on any atom is -0.394 e. The zero-order valence-electron chi connectivity index (χ0n) is 11.3. The number of aryl methyl sites for hydroxylation is 1. The third-order valence-electron chi connectivity index (χ3n) is 3.64. The molecule has 1 fully saturated rings. The van der Waals surface area contributed by atoms with Gasteiger partial charge in [-0.05, 0) is 32.6 Å². The SMILES string of the molecule is Cc1nn(CCO)c(NCC2CCOCC2)c1C. The second kappa shape index (κ2) is 6.20. The molecule has 1 aromatic heterocycles. The normalized spacial score (nSPS) is 17.1. The summed E-state index contributed by atoms with van der Waals surface area (Å²) < 4.78 is 7.23. The molecule has 1 aliphatic heterocycles. The van der Waals surface area contributed by atoms with E-state index < -0.39 is 0 Å². The Bertz CT molecular complexity index is 384. The largest absolute Gasteiger partial charge is 0.394 e. The molecule has 5 heteroatoms. The van der Waals surface area contributed by atoms with Crippen molar-refractivity contribution in [3.05, 3.63) is 11.3 Å². The lowest BCUT2D eigenvalue weighted by Gasteiger charge is -2.23. The van der Waals surface area contributed by atoms with Gasteiger partial charge in [0, 0.05) is 25.3 Å². The summed E-state index contributed by atoms with van der Waals surface area (Å²) in [4.78, 5) is 0. The molecule has 2 rings (SSSR count). The summed E-state index contributed by atoms with van der Waals surface area (Å²) in [5.74, 6) is 1.73. The van der Waals surface area contributed by atoms with Crippen molar-refractivity contribution in [1.82, 2.24) is 9.78 Å². The van der Waals surface area contributed by atoms with Crippen LogP contribution in [0.15, 0.2) is 0 Å². The number of aliphatic hydroxyl groups excluding tert-OH is 1. The second-order valence-corrected chi connectivity index (χ2v) is 4.94. The summed E-state index contributed by atoms with van der Waals surface area (Å²) in [6, 6.07) is 0. The number of rotatable bonds is 5. The van der Waals surface area contributed by atoms with Gasteiger partial charge in [-0.1, -0.05) is 0 Å². The predicted octanol–water partition coefficient (Wildman–Crippen LogP) is 1.33. The van der Waals surface area contributed by atoms with Gasteiger partial charge in [0.1, 0.15) is 5.82 Å². The predicted molar refractivity (Wildman–Crippen MR) is 70.8 cm³/mol. The van der Waals surface area contributed by atoms with Crippen LogP contribution in [0.4, 0.5) is 5.82 Å². The maximum absolute atomic E-state index is 9.06. The molecule has 0 aromatic carbocycles. The first-order valence-corrected chi connectivity index (χ1v) is 6.69.